The van der Waals surface area contributed by atoms with Gasteiger partial charge in [-0.2, -0.15) is 0 Å². The second-order valence-corrected chi connectivity index (χ2v) is 4.42. The first-order valence-corrected chi connectivity index (χ1v) is 5.45. The number of aryl methyl sites for hydroxylation is 2. The van der Waals surface area contributed by atoms with Gasteiger partial charge < -0.3 is 11.1 Å². The molecule has 1 heterocycles. The third-order valence-corrected chi connectivity index (χ3v) is 2.91. The number of nitrogens with two attached hydrogens (primary N) is 1. The Morgan fingerprint density at radius 2 is 2.20 bits per heavy atom. The van der Waals surface area contributed by atoms with Crippen LogP contribution in [-0.2, 0) is 0 Å². The molecule has 0 spiro atoms. The van der Waals surface area contributed by atoms with Gasteiger partial charge in [0, 0.05) is 18.8 Å². The molecule has 0 radical (unpaired) electrons. The topological polar surface area (TPSA) is 63.8 Å². The maximum atomic E-state index is 5.74. The van der Waals surface area contributed by atoms with E-state index in [0.717, 1.165) is 36.6 Å². The van der Waals surface area contributed by atoms with E-state index in [-0.39, 0.29) is 0 Å². The molecular weight excluding hydrogens is 188 g/mol. The molecule has 3 N–H and O–H groups in total. The lowest BCUT2D eigenvalue weighted by Crippen LogP contribution is -2.39. The van der Waals surface area contributed by atoms with Crippen LogP contribution < -0.4 is 11.1 Å². The van der Waals surface area contributed by atoms with Gasteiger partial charge in [-0.1, -0.05) is 0 Å². The molecule has 0 atom stereocenters. The van der Waals surface area contributed by atoms with E-state index < -0.39 is 0 Å². The zero-order valence-corrected chi connectivity index (χ0v) is 9.33. The van der Waals surface area contributed by atoms with Gasteiger partial charge in [-0.25, -0.2) is 4.98 Å². The van der Waals surface area contributed by atoms with Crippen LogP contribution in [0.2, 0.25) is 0 Å². The van der Waals surface area contributed by atoms with Gasteiger partial charge in [0.05, 0.1) is 11.4 Å². The normalized spacial score (nSPS) is 24.7. The third-order valence-electron chi connectivity index (χ3n) is 2.91. The molecule has 0 aromatic carbocycles. The van der Waals surface area contributed by atoms with E-state index in [1.807, 2.05) is 13.8 Å². The summed E-state index contributed by atoms with van der Waals surface area (Å²) < 4.78 is 0. The van der Waals surface area contributed by atoms with Gasteiger partial charge in [0.1, 0.15) is 5.82 Å². The van der Waals surface area contributed by atoms with Crippen molar-refractivity contribution in [3.63, 3.8) is 0 Å². The number of anilines is 1. The Balaban J connectivity index is 1.90. The highest BCUT2D eigenvalue weighted by molar-refractivity contribution is 5.39. The number of hydrogen-bond acceptors (Lipinski definition) is 4. The number of nitrogens with one attached hydrogen (secondary N) is 1. The fourth-order valence-electron chi connectivity index (χ4n) is 1.90. The Bertz CT molecular complexity index is 344. The van der Waals surface area contributed by atoms with Crippen molar-refractivity contribution < 1.29 is 0 Å². The maximum Gasteiger partial charge on any atom is 0.147 e. The Morgan fingerprint density at radius 3 is 2.87 bits per heavy atom. The van der Waals surface area contributed by atoms with Crippen LogP contribution in [0, 0.1) is 19.8 Å². The standard InChI is InChI=1S/C11H18N4/c1-7-5-13-8(2)11(15-7)14-6-9-3-10(12)4-9/h5,9-10H,3-4,6,12H2,1-2H3,(H,14,15). The summed E-state index contributed by atoms with van der Waals surface area (Å²) in [7, 11) is 0. The molecule has 4 nitrogen and oxygen atoms in total. The van der Waals surface area contributed by atoms with E-state index >= 15 is 0 Å². The third kappa shape index (κ3) is 2.45. The highest BCUT2D eigenvalue weighted by Crippen LogP contribution is 2.25. The van der Waals surface area contributed by atoms with Crippen molar-refractivity contribution in [1.82, 2.24) is 9.97 Å². The minimum Gasteiger partial charge on any atom is -0.368 e. The molecule has 0 unspecified atom stereocenters. The van der Waals surface area contributed by atoms with Gasteiger partial charge in [0.15, 0.2) is 0 Å². The number of hydrogen-bond donors (Lipinski definition) is 2. The zero-order valence-electron chi connectivity index (χ0n) is 9.33. The van der Waals surface area contributed by atoms with Gasteiger partial charge in [0.25, 0.3) is 0 Å². The average Bonchev–Trinajstić information content (AvgIpc) is 2.16. The van der Waals surface area contributed by atoms with Gasteiger partial charge in [-0.15, -0.1) is 0 Å². The van der Waals surface area contributed by atoms with Crippen molar-refractivity contribution in [2.45, 2.75) is 32.7 Å². The molecule has 15 heavy (non-hydrogen) atoms. The Hall–Kier alpha value is -1.16. The molecule has 4 heteroatoms. The summed E-state index contributed by atoms with van der Waals surface area (Å²) in [4.78, 5) is 8.68. The SMILES string of the molecule is Cc1cnc(C)c(NCC2CC(N)C2)n1. The Kier molecular flexibility index (Phi) is 2.86. The lowest BCUT2D eigenvalue weighted by Gasteiger charge is -2.32. The summed E-state index contributed by atoms with van der Waals surface area (Å²) in [6, 6.07) is 0.418. The van der Waals surface area contributed by atoms with E-state index in [9.17, 15) is 0 Å². The summed E-state index contributed by atoms with van der Waals surface area (Å²) in [5, 5.41) is 3.35. The molecule has 1 aliphatic carbocycles. The molecule has 1 aliphatic rings. The molecule has 1 fully saturated rings. The minimum absolute atomic E-state index is 0.418. The lowest BCUT2D eigenvalue weighted by molar-refractivity contribution is 0.280. The molecule has 0 saturated heterocycles. The molecule has 1 aromatic heterocycles. The van der Waals surface area contributed by atoms with E-state index in [4.69, 9.17) is 5.73 Å². The smallest absolute Gasteiger partial charge is 0.147 e. The van der Waals surface area contributed by atoms with Gasteiger partial charge in [-0.05, 0) is 32.6 Å². The monoisotopic (exact) mass is 206 g/mol. The minimum atomic E-state index is 0.418. The first-order valence-electron chi connectivity index (χ1n) is 5.45. The fourth-order valence-corrected chi connectivity index (χ4v) is 1.90. The van der Waals surface area contributed by atoms with Crippen molar-refractivity contribution >= 4 is 5.82 Å². The second-order valence-electron chi connectivity index (χ2n) is 4.42. The molecule has 82 valence electrons. The molecule has 0 amide bonds. The van der Waals surface area contributed by atoms with Gasteiger partial charge >= 0.3 is 0 Å². The molecule has 1 aromatic rings. The Labute approximate surface area is 90.3 Å². The highest BCUT2D eigenvalue weighted by Gasteiger charge is 2.25. The molecule has 2 rings (SSSR count). The van der Waals surface area contributed by atoms with Crippen LogP contribution in [0.3, 0.4) is 0 Å². The summed E-state index contributed by atoms with van der Waals surface area (Å²) in [5.74, 6) is 1.62. The summed E-state index contributed by atoms with van der Waals surface area (Å²) in [5.41, 5.74) is 7.65. The highest BCUT2D eigenvalue weighted by atomic mass is 15.0. The van der Waals surface area contributed by atoms with Gasteiger partial charge in [-0.3, -0.25) is 4.98 Å². The van der Waals surface area contributed by atoms with Crippen LogP contribution in [0.4, 0.5) is 5.82 Å². The summed E-state index contributed by atoms with van der Waals surface area (Å²) in [6.45, 7) is 4.89. The summed E-state index contributed by atoms with van der Waals surface area (Å²) in [6.07, 6.45) is 4.05. The van der Waals surface area contributed by atoms with Crippen molar-refractivity contribution in [2.24, 2.45) is 11.7 Å². The number of nitrogens with zero attached hydrogens (tertiary/aromatic N) is 2. The quantitative estimate of drug-likeness (QED) is 0.781. The van der Waals surface area contributed by atoms with Crippen molar-refractivity contribution in [2.75, 3.05) is 11.9 Å². The van der Waals surface area contributed by atoms with E-state index in [2.05, 4.69) is 15.3 Å². The van der Waals surface area contributed by atoms with Crippen LogP contribution in [-0.4, -0.2) is 22.6 Å². The second kappa shape index (κ2) is 4.14. The van der Waals surface area contributed by atoms with Crippen LogP contribution in [0.25, 0.3) is 0 Å². The first-order chi connectivity index (χ1) is 7.15. The predicted octanol–water partition coefficient (Wildman–Crippen LogP) is 1.24. The molecular formula is C11H18N4. The predicted molar refractivity (Wildman–Crippen MR) is 60.7 cm³/mol. The van der Waals surface area contributed by atoms with Crippen molar-refractivity contribution in [1.29, 1.82) is 0 Å². The zero-order chi connectivity index (χ0) is 10.8. The van der Waals surface area contributed by atoms with Crippen molar-refractivity contribution in [3.8, 4) is 0 Å². The average molecular weight is 206 g/mol. The van der Waals surface area contributed by atoms with E-state index in [1.54, 1.807) is 6.20 Å². The Morgan fingerprint density at radius 1 is 1.47 bits per heavy atom. The van der Waals surface area contributed by atoms with E-state index in [1.165, 1.54) is 0 Å². The number of rotatable bonds is 3. The number of aromatic nitrogens is 2. The maximum absolute atomic E-state index is 5.74. The van der Waals surface area contributed by atoms with Crippen LogP contribution >= 0.6 is 0 Å². The van der Waals surface area contributed by atoms with Crippen LogP contribution in [0.15, 0.2) is 6.20 Å². The fraction of sp³-hybridized carbons (Fsp3) is 0.636. The first kappa shape index (κ1) is 10.4. The summed E-state index contributed by atoms with van der Waals surface area (Å²) >= 11 is 0. The van der Waals surface area contributed by atoms with Crippen LogP contribution in [0.1, 0.15) is 24.2 Å². The van der Waals surface area contributed by atoms with Gasteiger partial charge in [0.2, 0.25) is 0 Å². The molecule has 1 saturated carbocycles. The molecule has 0 bridgehead atoms. The largest absolute Gasteiger partial charge is 0.368 e. The molecule has 0 aliphatic heterocycles. The van der Waals surface area contributed by atoms with Crippen LogP contribution in [0.5, 0.6) is 0 Å². The lowest BCUT2D eigenvalue weighted by atomic mass is 9.81. The van der Waals surface area contributed by atoms with Crippen molar-refractivity contribution in [3.05, 3.63) is 17.6 Å². The van der Waals surface area contributed by atoms with E-state index in [0.29, 0.717) is 12.0 Å².